The fraction of sp³-hybridized carbons (Fsp3) is 0.730. The van der Waals surface area contributed by atoms with Gasteiger partial charge in [0.25, 0.3) is 0 Å². The molecule has 1 saturated heterocycles. The van der Waals surface area contributed by atoms with Gasteiger partial charge in [-0.1, -0.05) is 278 Å². The molecule has 0 aromatic rings. The summed E-state index contributed by atoms with van der Waals surface area (Å²) in [5, 5.41) is 57.2. The van der Waals surface area contributed by atoms with Crippen LogP contribution in [0.25, 0.3) is 0 Å². The summed E-state index contributed by atoms with van der Waals surface area (Å²) in [6, 6.07) is -1.04. The minimum atomic E-state index is -1.62. The van der Waals surface area contributed by atoms with Crippen LogP contribution in [0.3, 0.4) is 0 Å². The maximum atomic E-state index is 13.5. The first-order valence-corrected chi connectivity index (χ1v) is 34.7. The van der Waals surface area contributed by atoms with Crippen molar-refractivity contribution < 1.29 is 49.3 Å². The lowest BCUT2D eigenvalue weighted by molar-refractivity contribution is -0.305. The summed E-state index contributed by atoms with van der Waals surface area (Å²) in [4.78, 5) is 26.6. The van der Waals surface area contributed by atoms with Crippen LogP contribution in [0.1, 0.15) is 284 Å². The molecular weight excluding hydrogens is 1060 g/mol. The van der Waals surface area contributed by atoms with Crippen molar-refractivity contribution in [1.82, 2.24) is 5.32 Å². The summed E-state index contributed by atoms with van der Waals surface area (Å²) in [7, 11) is 0. The Morgan fingerprint density at radius 2 is 0.847 bits per heavy atom. The maximum Gasteiger partial charge on any atom is 0.306 e. The number of allylic oxidation sites excluding steroid dienone is 17. The van der Waals surface area contributed by atoms with E-state index in [0.717, 1.165) is 122 Å². The van der Waals surface area contributed by atoms with Crippen molar-refractivity contribution in [1.29, 1.82) is 0 Å². The van der Waals surface area contributed by atoms with Gasteiger partial charge in [0.1, 0.15) is 24.4 Å². The third-order valence-electron chi connectivity index (χ3n) is 15.7. The van der Waals surface area contributed by atoms with Gasteiger partial charge in [-0.2, -0.15) is 0 Å². The normalized spacial score (nSPS) is 19.1. The average Bonchev–Trinajstić information content (AvgIpc) is 3.69. The number of rotatable bonds is 58. The predicted octanol–water partition coefficient (Wildman–Crippen LogP) is 17.6. The monoisotopic (exact) mass is 1190 g/mol. The Morgan fingerprint density at radius 1 is 0.471 bits per heavy atom. The number of amides is 1. The fourth-order valence-electron chi connectivity index (χ4n) is 10.2. The number of carbonyl (C=O) groups excluding carboxylic acids is 2. The average molecular weight is 1190 g/mol. The summed E-state index contributed by atoms with van der Waals surface area (Å²) in [5.41, 5.74) is 0. The van der Waals surface area contributed by atoms with Gasteiger partial charge in [0.2, 0.25) is 5.91 Å². The van der Waals surface area contributed by atoms with Gasteiger partial charge in [-0.05, 0) is 109 Å². The number of unbranched alkanes of at least 4 members (excludes halogenated alkanes) is 28. The number of hydrogen-bond acceptors (Lipinski definition) is 10. The van der Waals surface area contributed by atoms with Crippen LogP contribution in [-0.4, -0.2) is 99.6 Å². The van der Waals surface area contributed by atoms with E-state index in [1.807, 2.05) is 6.08 Å². The van der Waals surface area contributed by atoms with E-state index in [4.69, 9.17) is 14.2 Å². The quantitative estimate of drug-likeness (QED) is 0.0195. The Hall–Kier alpha value is -3.68. The molecule has 8 unspecified atom stereocenters. The van der Waals surface area contributed by atoms with Gasteiger partial charge in [0.15, 0.2) is 12.4 Å². The first-order chi connectivity index (χ1) is 41.7. The Kier molecular flexibility index (Phi) is 56.6. The first kappa shape index (κ1) is 79.3. The van der Waals surface area contributed by atoms with Crippen molar-refractivity contribution in [2.45, 2.75) is 333 Å². The fourth-order valence-corrected chi connectivity index (χ4v) is 10.2. The van der Waals surface area contributed by atoms with E-state index in [1.165, 1.54) is 116 Å². The Labute approximate surface area is 519 Å². The van der Waals surface area contributed by atoms with Gasteiger partial charge in [0.05, 0.1) is 25.4 Å². The molecule has 11 nitrogen and oxygen atoms in total. The zero-order valence-corrected chi connectivity index (χ0v) is 54.2. The lowest BCUT2D eigenvalue weighted by Crippen LogP contribution is -2.61. The number of aliphatic hydroxyl groups excluding tert-OH is 5. The molecule has 1 aliphatic heterocycles. The smallest absolute Gasteiger partial charge is 0.306 e. The minimum Gasteiger partial charge on any atom is -0.454 e. The van der Waals surface area contributed by atoms with Crippen molar-refractivity contribution in [2.24, 2.45) is 0 Å². The largest absolute Gasteiger partial charge is 0.454 e. The van der Waals surface area contributed by atoms with Crippen molar-refractivity contribution in [3.05, 3.63) is 109 Å². The summed E-state index contributed by atoms with van der Waals surface area (Å²) in [5.74, 6) is -1.21. The second-order valence-corrected chi connectivity index (χ2v) is 23.5. The number of aliphatic hydroxyl groups is 5. The second-order valence-electron chi connectivity index (χ2n) is 23.5. The highest BCUT2D eigenvalue weighted by Gasteiger charge is 2.47. The summed E-state index contributed by atoms with van der Waals surface area (Å²) < 4.78 is 17.7. The molecule has 0 aromatic heterocycles. The number of carbonyl (C=O) groups is 2. The lowest BCUT2D eigenvalue weighted by Gasteiger charge is -2.41. The summed E-state index contributed by atoms with van der Waals surface area (Å²) in [6.07, 6.45) is 72.6. The van der Waals surface area contributed by atoms with Crippen LogP contribution in [0, 0.1) is 0 Å². The molecule has 488 valence electrons. The molecular formula is C74H127NO10. The van der Waals surface area contributed by atoms with Crippen LogP contribution in [0.4, 0.5) is 0 Å². The van der Waals surface area contributed by atoms with Crippen LogP contribution in [0.2, 0.25) is 0 Å². The number of esters is 1. The first-order valence-electron chi connectivity index (χ1n) is 34.7. The molecule has 0 radical (unpaired) electrons. The molecule has 1 amide bonds. The molecule has 0 bridgehead atoms. The SMILES string of the molecule is CC/C=C\C/C=C\C/C=C\C/C=C\C/C=C\C/C=C\CCCCCCCC(O)C(=O)NC(COC1OC(CO)C(O)C(O)C1OC(=O)CCCCCCCCCCCCC/C=C\C/C=C\CCCCC)C(O)/C=C/CCCCCCCCCCC. The van der Waals surface area contributed by atoms with Crippen molar-refractivity contribution in [3.8, 4) is 0 Å². The molecule has 8 atom stereocenters. The number of ether oxygens (including phenoxy) is 3. The molecule has 1 heterocycles. The van der Waals surface area contributed by atoms with Crippen LogP contribution >= 0.6 is 0 Å². The molecule has 1 aliphatic rings. The third-order valence-corrected chi connectivity index (χ3v) is 15.7. The van der Waals surface area contributed by atoms with E-state index in [9.17, 15) is 35.1 Å². The van der Waals surface area contributed by atoms with Crippen molar-refractivity contribution in [2.75, 3.05) is 13.2 Å². The van der Waals surface area contributed by atoms with Crippen LogP contribution in [0.5, 0.6) is 0 Å². The molecule has 1 rings (SSSR count). The predicted molar refractivity (Wildman–Crippen MR) is 356 cm³/mol. The molecule has 6 N–H and O–H groups in total. The third kappa shape index (κ3) is 48.0. The Balaban J connectivity index is 2.60. The van der Waals surface area contributed by atoms with E-state index >= 15 is 0 Å². The van der Waals surface area contributed by atoms with E-state index in [-0.39, 0.29) is 19.4 Å². The van der Waals surface area contributed by atoms with Gasteiger partial charge in [-0.25, -0.2) is 0 Å². The standard InChI is InChI=1S/C74H127NO10/c1-4-7-10-13-16-19-22-24-26-28-30-32-33-34-36-37-39-41-43-46-49-52-55-58-61-67(78)73(82)75-65(66(77)60-57-54-51-48-45-21-18-15-12-9-6-3)64-83-74-72(71(81)70(80)68(63-76)84-74)85-69(79)62-59-56-53-50-47-44-42-40-38-35-31-29-27-25-23-20-17-14-11-8-5-2/h7,10,16-17,19-20,24-27,30,32,34,36,39,41,57,60,65-68,70-72,74,76-78,80-81H,4-6,8-9,11-15,18,21-23,28-29,31,33,35,37-38,40,42-56,58-59,61-64H2,1-3H3,(H,75,82)/b10-7-,19-16-,20-17-,26-24-,27-25-,32-30-,36-34-,41-39-,60-57+. The van der Waals surface area contributed by atoms with E-state index in [1.54, 1.807) is 6.08 Å². The lowest BCUT2D eigenvalue weighted by atomic mass is 9.99. The highest BCUT2D eigenvalue weighted by molar-refractivity contribution is 5.80. The van der Waals surface area contributed by atoms with E-state index < -0.39 is 67.4 Å². The maximum absolute atomic E-state index is 13.5. The van der Waals surface area contributed by atoms with Crippen molar-refractivity contribution >= 4 is 11.9 Å². The van der Waals surface area contributed by atoms with Crippen LogP contribution < -0.4 is 5.32 Å². The minimum absolute atomic E-state index is 0.115. The molecule has 0 saturated carbocycles. The number of hydrogen-bond donors (Lipinski definition) is 6. The Morgan fingerprint density at radius 3 is 1.29 bits per heavy atom. The molecule has 0 spiro atoms. The highest BCUT2D eigenvalue weighted by atomic mass is 16.7. The molecule has 85 heavy (non-hydrogen) atoms. The second kappa shape index (κ2) is 60.6. The zero-order valence-electron chi connectivity index (χ0n) is 54.2. The summed E-state index contributed by atoms with van der Waals surface area (Å²) >= 11 is 0. The van der Waals surface area contributed by atoms with E-state index in [0.29, 0.717) is 12.8 Å². The topological polar surface area (TPSA) is 175 Å². The van der Waals surface area contributed by atoms with Crippen LogP contribution in [-0.2, 0) is 23.8 Å². The molecule has 11 heteroatoms. The highest BCUT2D eigenvalue weighted by Crippen LogP contribution is 2.26. The van der Waals surface area contributed by atoms with Gasteiger partial charge in [-0.3, -0.25) is 9.59 Å². The van der Waals surface area contributed by atoms with Gasteiger partial charge >= 0.3 is 5.97 Å². The molecule has 1 fully saturated rings. The number of nitrogens with one attached hydrogen (secondary N) is 1. The Bertz CT molecular complexity index is 1800. The van der Waals surface area contributed by atoms with Gasteiger partial charge < -0.3 is 45.1 Å². The molecule has 0 aliphatic carbocycles. The van der Waals surface area contributed by atoms with Gasteiger partial charge in [0, 0.05) is 6.42 Å². The molecule has 0 aromatic carbocycles. The van der Waals surface area contributed by atoms with E-state index in [2.05, 4.69) is 123 Å². The van der Waals surface area contributed by atoms with Crippen LogP contribution in [0.15, 0.2) is 109 Å². The zero-order chi connectivity index (χ0) is 61.7. The summed E-state index contributed by atoms with van der Waals surface area (Å²) in [6.45, 7) is 5.65. The van der Waals surface area contributed by atoms with Gasteiger partial charge in [-0.15, -0.1) is 0 Å². The van der Waals surface area contributed by atoms with Crippen molar-refractivity contribution in [3.63, 3.8) is 0 Å².